The molecule has 0 unspecified atom stereocenters. The molecular weight excluding hydrogens is 270 g/mol. The second kappa shape index (κ2) is 6.91. The van der Waals surface area contributed by atoms with Gasteiger partial charge in [0.2, 0.25) is 0 Å². The van der Waals surface area contributed by atoms with E-state index in [1.54, 1.807) is 0 Å². The summed E-state index contributed by atoms with van der Waals surface area (Å²) in [5.74, 6) is 0. The molecule has 1 aromatic heterocycles. The molecule has 2 aromatic rings. The van der Waals surface area contributed by atoms with Crippen molar-refractivity contribution in [3.05, 3.63) is 35.0 Å². The van der Waals surface area contributed by atoms with Gasteiger partial charge in [0.15, 0.2) is 0 Å². The van der Waals surface area contributed by atoms with Gasteiger partial charge in [-0.05, 0) is 57.7 Å². The maximum atomic E-state index is 6.10. The number of pyridine rings is 1. The standard InChI is InChI=1S/C16H22ClN3/c1-4-13-11-16(18-8-5-9-20(2)3)14-10-12(17)6-7-15(14)19-13/h6-7,10-11H,4-5,8-9H2,1-3H3,(H,18,19). The van der Waals surface area contributed by atoms with Crippen molar-refractivity contribution in [1.29, 1.82) is 0 Å². The first-order chi connectivity index (χ1) is 9.60. The van der Waals surface area contributed by atoms with E-state index in [9.17, 15) is 0 Å². The van der Waals surface area contributed by atoms with Crippen molar-refractivity contribution in [2.75, 3.05) is 32.5 Å². The topological polar surface area (TPSA) is 28.2 Å². The highest BCUT2D eigenvalue weighted by molar-refractivity contribution is 6.31. The fourth-order valence-corrected chi connectivity index (χ4v) is 2.37. The summed E-state index contributed by atoms with van der Waals surface area (Å²) in [6.07, 6.45) is 2.05. The van der Waals surface area contributed by atoms with Gasteiger partial charge in [-0.3, -0.25) is 4.98 Å². The molecule has 1 N–H and O–H groups in total. The zero-order chi connectivity index (χ0) is 14.5. The Morgan fingerprint density at radius 3 is 2.75 bits per heavy atom. The van der Waals surface area contributed by atoms with E-state index in [1.807, 2.05) is 18.2 Å². The van der Waals surface area contributed by atoms with Crippen LogP contribution in [0.15, 0.2) is 24.3 Å². The van der Waals surface area contributed by atoms with Crippen LogP contribution < -0.4 is 5.32 Å². The largest absolute Gasteiger partial charge is 0.384 e. The summed E-state index contributed by atoms with van der Waals surface area (Å²) in [5.41, 5.74) is 3.24. The Kier molecular flexibility index (Phi) is 5.21. The van der Waals surface area contributed by atoms with Crippen LogP contribution in [-0.4, -0.2) is 37.1 Å². The Hall–Kier alpha value is -1.32. The molecule has 0 aliphatic rings. The molecule has 0 fully saturated rings. The number of rotatable bonds is 6. The fourth-order valence-electron chi connectivity index (χ4n) is 2.20. The van der Waals surface area contributed by atoms with E-state index in [2.05, 4.69) is 42.3 Å². The number of hydrogen-bond donors (Lipinski definition) is 1. The normalized spacial score (nSPS) is 11.2. The summed E-state index contributed by atoms with van der Waals surface area (Å²) in [6, 6.07) is 8.00. The van der Waals surface area contributed by atoms with Gasteiger partial charge in [-0.1, -0.05) is 18.5 Å². The number of aryl methyl sites for hydroxylation is 1. The van der Waals surface area contributed by atoms with Crippen LogP contribution in [0.3, 0.4) is 0 Å². The zero-order valence-electron chi connectivity index (χ0n) is 12.4. The van der Waals surface area contributed by atoms with Gasteiger partial charge >= 0.3 is 0 Å². The monoisotopic (exact) mass is 291 g/mol. The molecule has 0 spiro atoms. The van der Waals surface area contributed by atoms with Crippen molar-refractivity contribution >= 4 is 28.2 Å². The number of anilines is 1. The molecule has 0 bridgehead atoms. The molecule has 0 atom stereocenters. The summed E-state index contributed by atoms with van der Waals surface area (Å²) >= 11 is 6.10. The van der Waals surface area contributed by atoms with Gasteiger partial charge in [-0.25, -0.2) is 0 Å². The Morgan fingerprint density at radius 1 is 1.25 bits per heavy atom. The second-order valence-corrected chi connectivity index (χ2v) is 5.70. The number of halogens is 1. The van der Waals surface area contributed by atoms with Crippen LogP contribution >= 0.6 is 11.6 Å². The predicted molar refractivity (Wildman–Crippen MR) is 87.8 cm³/mol. The lowest BCUT2D eigenvalue weighted by atomic mass is 10.1. The van der Waals surface area contributed by atoms with Crippen LogP contribution in [0.4, 0.5) is 5.69 Å². The van der Waals surface area contributed by atoms with Gasteiger partial charge < -0.3 is 10.2 Å². The Labute approximate surface area is 126 Å². The molecule has 4 heteroatoms. The lowest BCUT2D eigenvalue weighted by molar-refractivity contribution is 0.405. The van der Waals surface area contributed by atoms with Crippen LogP contribution in [0.2, 0.25) is 5.02 Å². The molecule has 20 heavy (non-hydrogen) atoms. The first-order valence-corrected chi connectivity index (χ1v) is 7.45. The molecule has 108 valence electrons. The summed E-state index contributed by atoms with van der Waals surface area (Å²) in [4.78, 5) is 6.84. The third kappa shape index (κ3) is 3.84. The molecule has 1 heterocycles. The van der Waals surface area contributed by atoms with E-state index in [4.69, 9.17) is 11.6 Å². The average Bonchev–Trinajstić information content (AvgIpc) is 2.43. The summed E-state index contributed by atoms with van der Waals surface area (Å²) in [5, 5.41) is 5.37. The van der Waals surface area contributed by atoms with Gasteiger partial charge in [0.1, 0.15) is 0 Å². The minimum Gasteiger partial charge on any atom is -0.384 e. The third-order valence-electron chi connectivity index (χ3n) is 3.28. The molecule has 0 saturated heterocycles. The van der Waals surface area contributed by atoms with Crippen molar-refractivity contribution in [3.63, 3.8) is 0 Å². The number of benzene rings is 1. The maximum Gasteiger partial charge on any atom is 0.0727 e. The van der Waals surface area contributed by atoms with E-state index in [-0.39, 0.29) is 0 Å². The number of hydrogen-bond acceptors (Lipinski definition) is 3. The van der Waals surface area contributed by atoms with Crippen molar-refractivity contribution in [2.24, 2.45) is 0 Å². The van der Waals surface area contributed by atoms with Crippen LogP contribution in [0, 0.1) is 0 Å². The Balaban J connectivity index is 2.22. The maximum absolute atomic E-state index is 6.10. The highest BCUT2D eigenvalue weighted by atomic mass is 35.5. The highest BCUT2D eigenvalue weighted by Crippen LogP contribution is 2.26. The Morgan fingerprint density at radius 2 is 2.05 bits per heavy atom. The molecule has 2 rings (SSSR count). The van der Waals surface area contributed by atoms with Gasteiger partial charge in [-0.2, -0.15) is 0 Å². The summed E-state index contributed by atoms with van der Waals surface area (Å²) < 4.78 is 0. The van der Waals surface area contributed by atoms with Crippen LogP contribution in [0.25, 0.3) is 10.9 Å². The number of fused-ring (bicyclic) bond motifs is 1. The van der Waals surface area contributed by atoms with Gasteiger partial charge in [0, 0.05) is 28.3 Å². The van der Waals surface area contributed by atoms with Gasteiger partial charge in [-0.15, -0.1) is 0 Å². The lowest BCUT2D eigenvalue weighted by Gasteiger charge is -2.13. The minimum atomic E-state index is 0.750. The molecule has 0 aliphatic heterocycles. The molecule has 0 aliphatic carbocycles. The predicted octanol–water partition coefficient (Wildman–Crippen LogP) is 3.81. The van der Waals surface area contributed by atoms with E-state index >= 15 is 0 Å². The van der Waals surface area contributed by atoms with Crippen molar-refractivity contribution in [3.8, 4) is 0 Å². The number of nitrogens with zero attached hydrogens (tertiary/aromatic N) is 2. The van der Waals surface area contributed by atoms with Crippen molar-refractivity contribution in [1.82, 2.24) is 9.88 Å². The third-order valence-corrected chi connectivity index (χ3v) is 3.52. The minimum absolute atomic E-state index is 0.750. The quantitative estimate of drug-likeness (QED) is 0.820. The molecule has 0 saturated carbocycles. The van der Waals surface area contributed by atoms with Gasteiger partial charge in [0.05, 0.1) is 5.52 Å². The highest BCUT2D eigenvalue weighted by Gasteiger charge is 2.05. The van der Waals surface area contributed by atoms with Crippen LogP contribution in [0.5, 0.6) is 0 Å². The van der Waals surface area contributed by atoms with Crippen molar-refractivity contribution < 1.29 is 0 Å². The van der Waals surface area contributed by atoms with Crippen LogP contribution in [0.1, 0.15) is 19.0 Å². The molecule has 3 nitrogen and oxygen atoms in total. The fraction of sp³-hybridized carbons (Fsp3) is 0.438. The second-order valence-electron chi connectivity index (χ2n) is 5.26. The summed E-state index contributed by atoms with van der Waals surface area (Å²) in [7, 11) is 4.19. The number of nitrogens with one attached hydrogen (secondary N) is 1. The van der Waals surface area contributed by atoms with E-state index in [1.165, 1.54) is 0 Å². The van der Waals surface area contributed by atoms with E-state index < -0.39 is 0 Å². The molecular formula is C16H22ClN3. The smallest absolute Gasteiger partial charge is 0.0727 e. The van der Waals surface area contributed by atoms with Gasteiger partial charge in [0.25, 0.3) is 0 Å². The van der Waals surface area contributed by atoms with Crippen LogP contribution in [-0.2, 0) is 6.42 Å². The van der Waals surface area contributed by atoms with Crippen molar-refractivity contribution in [2.45, 2.75) is 19.8 Å². The number of aromatic nitrogens is 1. The molecule has 1 aromatic carbocycles. The zero-order valence-corrected chi connectivity index (χ0v) is 13.2. The SMILES string of the molecule is CCc1cc(NCCCN(C)C)c2cc(Cl)ccc2n1. The molecule has 0 amide bonds. The van der Waals surface area contributed by atoms with E-state index in [0.717, 1.165) is 53.2 Å². The first-order valence-electron chi connectivity index (χ1n) is 7.08. The Bertz CT molecular complexity index is 581. The van der Waals surface area contributed by atoms with E-state index in [0.29, 0.717) is 0 Å². The first kappa shape index (κ1) is 15.1. The molecule has 0 radical (unpaired) electrons. The summed E-state index contributed by atoms with van der Waals surface area (Å²) in [6.45, 7) is 4.16. The lowest BCUT2D eigenvalue weighted by Crippen LogP contribution is -2.16. The average molecular weight is 292 g/mol.